The second-order valence-corrected chi connectivity index (χ2v) is 6.56. The van der Waals surface area contributed by atoms with E-state index in [1.165, 1.54) is 0 Å². The van der Waals surface area contributed by atoms with Gasteiger partial charge >= 0.3 is 0 Å². The molecular formula is C19H28N4O3. The Labute approximate surface area is 154 Å². The van der Waals surface area contributed by atoms with Crippen molar-refractivity contribution in [2.24, 2.45) is 0 Å². The lowest BCUT2D eigenvalue weighted by atomic mass is 10.1. The van der Waals surface area contributed by atoms with Gasteiger partial charge in [0.2, 0.25) is 5.91 Å². The Morgan fingerprint density at radius 1 is 1.35 bits per heavy atom. The Morgan fingerprint density at radius 2 is 2.15 bits per heavy atom. The molecule has 1 N–H and O–H groups in total. The summed E-state index contributed by atoms with van der Waals surface area (Å²) < 4.78 is 13.3. The predicted octanol–water partition coefficient (Wildman–Crippen LogP) is 1.93. The van der Waals surface area contributed by atoms with Crippen LogP contribution in [-0.2, 0) is 22.5 Å². The molecule has 0 aromatic carbocycles. The zero-order valence-corrected chi connectivity index (χ0v) is 15.6. The van der Waals surface area contributed by atoms with Crippen LogP contribution in [0.2, 0.25) is 0 Å². The third-order valence-electron chi connectivity index (χ3n) is 4.77. The number of hydrogen-bond acceptors (Lipinski definition) is 5. The van der Waals surface area contributed by atoms with E-state index in [2.05, 4.69) is 22.1 Å². The van der Waals surface area contributed by atoms with Gasteiger partial charge in [0.25, 0.3) is 0 Å². The van der Waals surface area contributed by atoms with E-state index in [0.29, 0.717) is 32.7 Å². The number of amides is 1. The van der Waals surface area contributed by atoms with Crippen LogP contribution in [0.1, 0.15) is 36.7 Å². The van der Waals surface area contributed by atoms with E-state index in [9.17, 15) is 4.79 Å². The van der Waals surface area contributed by atoms with Crippen LogP contribution >= 0.6 is 0 Å². The number of carbonyl (C=O) groups is 1. The molecule has 3 rings (SSSR count). The van der Waals surface area contributed by atoms with Gasteiger partial charge in [-0.15, -0.1) is 0 Å². The number of rotatable bonds is 8. The number of nitrogens with zero attached hydrogens (tertiary/aromatic N) is 3. The van der Waals surface area contributed by atoms with Crippen molar-refractivity contribution in [2.45, 2.75) is 39.3 Å². The molecule has 1 atom stereocenters. The maximum atomic E-state index is 12.3. The van der Waals surface area contributed by atoms with Gasteiger partial charge in [-0.1, -0.05) is 6.92 Å². The zero-order valence-electron chi connectivity index (χ0n) is 15.6. The second-order valence-electron chi connectivity index (χ2n) is 6.56. The van der Waals surface area contributed by atoms with E-state index in [0.717, 1.165) is 36.9 Å². The van der Waals surface area contributed by atoms with Gasteiger partial charge in [0, 0.05) is 51.4 Å². The molecule has 0 aliphatic carbocycles. The van der Waals surface area contributed by atoms with Gasteiger partial charge in [-0.2, -0.15) is 0 Å². The Kier molecular flexibility index (Phi) is 6.46. The third kappa shape index (κ3) is 4.74. The first kappa shape index (κ1) is 18.7. The van der Waals surface area contributed by atoms with Crippen LogP contribution in [0.15, 0.2) is 28.9 Å². The Balaban J connectivity index is 1.55. The molecular weight excluding hydrogens is 332 g/mol. The van der Waals surface area contributed by atoms with E-state index in [4.69, 9.17) is 9.15 Å². The fourth-order valence-electron chi connectivity index (χ4n) is 3.31. The van der Waals surface area contributed by atoms with Crippen molar-refractivity contribution < 1.29 is 13.9 Å². The quantitative estimate of drug-likeness (QED) is 0.779. The molecule has 1 aliphatic rings. The third-order valence-corrected chi connectivity index (χ3v) is 4.77. The number of aromatic nitrogens is 2. The number of morpholine rings is 1. The number of ether oxygens (including phenoxy) is 1. The summed E-state index contributed by atoms with van der Waals surface area (Å²) in [7, 11) is 0. The standard InChI is InChI=1S/C19H28N4O3/c1-3-18-20-7-9-23(18)8-6-19(24)21-14-16(17-5-4-15(2)26-17)22-10-12-25-13-11-22/h4-5,7,9,16H,3,6,8,10-14H2,1-2H3,(H,21,24). The fraction of sp³-hybridized carbons (Fsp3) is 0.579. The molecule has 1 amide bonds. The minimum atomic E-state index is 0.0380. The Morgan fingerprint density at radius 3 is 2.85 bits per heavy atom. The molecule has 7 heteroatoms. The minimum Gasteiger partial charge on any atom is -0.465 e. The van der Waals surface area contributed by atoms with Crippen LogP contribution in [0.4, 0.5) is 0 Å². The van der Waals surface area contributed by atoms with Crippen LogP contribution < -0.4 is 5.32 Å². The number of nitrogens with one attached hydrogen (secondary N) is 1. The summed E-state index contributed by atoms with van der Waals surface area (Å²) in [5, 5.41) is 3.07. The normalized spacial score (nSPS) is 16.5. The summed E-state index contributed by atoms with van der Waals surface area (Å²) in [5.41, 5.74) is 0. The fourth-order valence-corrected chi connectivity index (χ4v) is 3.31. The van der Waals surface area contributed by atoms with Crippen molar-refractivity contribution in [1.82, 2.24) is 19.8 Å². The number of carbonyl (C=O) groups excluding carboxylic acids is 1. The van der Waals surface area contributed by atoms with Crippen molar-refractivity contribution in [1.29, 1.82) is 0 Å². The van der Waals surface area contributed by atoms with Crippen LogP contribution in [-0.4, -0.2) is 53.2 Å². The predicted molar refractivity (Wildman–Crippen MR) is 97.8 cm³/mol. The van der Waals surface area contributed by atoms with Gasteiger partial charge < -0.3 is 19.0 Å². The summed E-state index contributed by atoms with van der Waals surface area (Å²) in [6, 6.07) is 4.01. The largest absolute Gasteiger partial charge is 0.465 e. The highest BCUT2D eigenvalue weighted by atomic mass is 16.5. The van der Waals surface area contributed by atoms with Crippen LogP contribution in [0, 0.1) is 6.92 Å². The number of imidazole rings is 1. The van der Waals surface area contributed by atoms with Crippen LogP contribution in [0.5, 0.6) is 0 Å². The molecule has 26 heavy (non-hydrogen) atoms. The zero-order chi connectivity index (χ0) is 18.4. The van der Waals surface area contributed by atoms with Crippen LogP contribution in [0.3, 0.4) is 0 Å². The molecule has 7 nitrogen and oxygen atoms in total. The van der Waals surface area contributed by atoms with Gasteiger partial charge in [0.1, 0.15) is 17.3 Å². The first-order valence-corrected chi connectivity index (χ1v) is 9.32. The van der Waals surface area contributed by atoms with Gasteiger partial charge in [0.15, 0.2) is 0 Å². The van der Waals surface area contributed by atoms with E-state index >= 15 is 0 Å². The summed E-state index contributed by atoms with van der Waals surface area (Å²) in [6.45, 7) is 8.30. The summed E-state index contributed by atoms with van der Waals surface area (Å²) in [4.78, 5) is 18.9. The summed E-state index contributed by atoms with van der Waals surface area (Å²) >= 11 is 0. The van der Waals surface area contributed by atoms with Crippen molar-refractivity contribution in [3.8, 4) is 0 Å². The van der Waals surface area contributed by atoms with Gasteiger partial charge in [0.05, 0.1) is 19.3 Å². The molecule has 3 heterocycles. The molecule has 0 spiro atoms. The lowest BCUT2D eigenvalue weighted by Gasteiger charge is -2.33. The highest BCUT2D eigenvalue weighted by molar-refractivity contribution is 5.75. The molecule has 2 aromatic rings. The SMILES string of the molecule is CCc1nccn1CCC(=O)NCC(c1ccc(C)o1)N1CCOCC1. The highest BCUT2D eigenvalue weighted by Gasteiger charge is 2.25. The monoisotopic (exact) mass is 360 g/mol. The topological polar surface area (TPSA) is 72.5 Å². The van der Waals surface area contributed by atoms with E-state index in [1.807, 2.05) is 29.8 Å². The lowest BCUT2D eigenvalue weighted by Crippen LogP contribution is -2.43. The maximum Gasteiger partial charge on any atom is 0.221 e. The molecule has 0 bridgehead atoms. The second kappa shape index (κ2) is 9.00. The van der Waals surface area contributed by atoms with Gasteiger partial charge in [-0.3, -0.25) is 9.69 Å². The van der Waals surface area contributed by atoms with Crippen molar-refractivity contribution >= 4 is 5.91 Å². The Hall–Kier alpha value is -2.12. The van der Waals surface area contributed by atoms with Crippen LogP contribution in [0.25, 0.3) is 0 Å². The first-order chi connectivity index (χ1) is 12.7. The molecule has 1 aliphatic heterocycles. The minimum absolute atomic E-state index is 0.0380. The van der Waals surface area contributed by atoms with Gasteiger partial charge in [-0.05, 0) is 19.1 Å². The van der Waals surface area contributed by atoms with Gasteiger partial charge in [-0.25, -0.2) is 4.98 Å². The number of hydrogen-bond donors (Lipinski definition) is 1. The van der Waals surface area contributed by atoms with Crippen molar-refractivity contribution in [3.05, 3.63) is 41.9 Å². The number of furan rings is 1. The Bertz CT molecular complexity index is 703. The average Bonchev–Trinajstić information content (AvgIpc) is 3.29. The highest BCUT2D eigenvalue weighted by Crippen LogP contribution is 2.23. The molecule has 1 unspecified atom stereocenters. The summed E-state index contributed by atoms with van der Waals surface area (Å²) in [6.07, 6.45) is 5.01. The molecule has 0 radical (unpaired) electrons. The molecule has 1 fully saturated rings. The molecule has 0 saturated carbocycles. The molecule has 2 aromatic heterocycles. The molecule has 142 valence electrons. The molecule has 1 saturated heterocycles. The van der Waals surface area contributed by atoms with E-state index in [-0.39, 0.29) is 11.9 Å². The van der Waals surface area contributed by atoms with E-state index < -0.39 is 0 Å². The van der Waals surface area contributed by atoms with Crippen molar-refractivity contribution in [3.63, 3.8) is 0 Å². The van der Waals surface area contributed by atoms with E-state index in [1.54, 1.807) is 6.20 Å². The summed E-state index contributed by atoms with van der Waals surface area (Å²) in [5.74, 6) is 2.83. The average molecular weight is 360 g/mol. The lowest BCUT2D eigenvalue weighted by molar-refractivity contribution is -0.121. The number of aryl methyl sites for hydroxylation is 3. The first-order valence-electron chi connectivity index (χ1n) is 9.32. The maximum absolute atomic E-state index is 12.3. The van der Waals surface area contributed by atoms with Crippen molar-refractivity contribution in [2.75, 3.05) is 32.8 Å². The smallest absolute Gasteiger partial charge is 0.221 e.